The summed E-state index contributed by atoms with van der Waals surface area (Å²) in [5.41, 5.74) is 9.99. The Bertz CT molecular complexity index is 5320. The molecule has 0 fully saturated rings. The van der Waals surface area contributed by atoms with E-state index in [-0.39, 0.29) is 63.1 Å². The molecule has 0 N–H and O–H groups in total. The van der Waals surface area contributed by atoms with E-state index in [0.29, 0.717) is 67.9 Å². The van der Waals surface area contributed by atoms with E-state index in [1.807, 2.05) is 111 Å². The third kappa shape index (κ3) is 10.2. The Kier molecular flexibility index (Phi) is 10.0. The molecule has 0 amide bonds. The lowest BCUT2D eigenvalue weighted by Crippen LogP contribution is -2.24. The topological polar surface area (TPSA) is 42.8 Å². The smallest absolute Gasteiger partial charge is 0.143 e. The molecule has 6 nitrogen and oxygen atoms in total. The standard InChI is InChI=1S/C80H66N4O2/c1-79(2,3)60-40-35-57(36-41-60)68-31-20-32-69(58-37-42-61(43-38-58)80(4,5)6)78(68)86-65-47-48-81-76(52-65)84-72-46-39-59(54-21-10-7-11-22-54)49-71(72)70-45-44-64(51-75(70)84)85-63-28-18-27-62(50-63)82-53-83(74-34-17-16-33-73(74)82)77-66(55-23-12-8-13-24-55)29-19-30-67(77)56-25-14-9-15-26-56/h7-52H,53H2,1-6H3/i7D,8D,9D,10D,11D,12D,13D,14D,15D,21D,22D,23D,24D,25D,26D. The minimum atomic E-state index is -0.588. The van der Waals surface area contributed by atoms with E-state index in [4.69, 9.17) is 35.0 Å². The molecule has 0 bridgehead atoms. The van der Waals surface area contributed by atoms with E-state index in [0.717, 1.165) is 27.6 Å². The molecule has 0 unspecified atom stereocenters. The first-order valence-corrected chi connectivity index (χ1v) is 28.5. The summed E-state index contributed by atoms with van der Waals surface area (Å²) in [5.74, 6) is 2.44. The fourth-order valence-electron chi connectivity index (χ4n) is 11.4. The molecule has 13 aromatic rings. The molecule has 3 heterocycles. The maximum absolute atomic E-state index is 9.16. The van der Waals surface area contributed by atoms with Crippen LogP contribution in [0.1, 0.15) is 73.2 Å². The third-order valence-electron chi connectivity index (χ3n) is 15.8. The van der Waals surface area contributed by atoms with Gasteiger partial charge in [-0.2, -0.15) is 0 Å². The van der Waals surface area contributed by atoms with Gasteiger partial charge in [-0.25, -0.2) is 4.98 Å². The summed E-state index contributed by atoms with van der Waals surface area (Å²) in [6.45, 7) is 13.2. The Balaban J connectivity index is 0.885. The Labute approximate surface area is 525 Å². The number of ether oxygens (including phenoxy) is 2. The van der Waals surface area contributed by atoms with E-state index in [9.17, 15) is 0 Å². The van der Waals surface area contributed by atoms with Crippen LogP contribution in [0.3, 0.4) is 0 Å². The number of rotatable bonds is 12. The molecule has 0 atom stereocenters. The average Bonchev–Trinajstić information content (AvgIpc) is 1.61. The summed E-state index contributed by atoms with van der Waals surface area (Å²) in [6.07, 6.45) is 1.69. The van der Waals surface area contributed by atoms with Gasteiger partial charge in [0, 0.05) is 63.1 Å². The summed E-state index contributed by atoms with van der Waals surface area (Å²) in [4.78, 5) is 8.86. The zero-order valence-corrected chi connectivity index (χ0v) is 48.2. The first-order valence-electron chi connectivity index (χ1n) is 36.0. The first kappa shape index (κ1) is 39.2. The van der Waals surface area contributed by atoms with Crippen molar-refractivity contribution in [2.45, 2.75) is 52.4 Å². The van der Waals surface area contributed by atoms with Gasteiger partial charge in [-0.1, -0.05) is 241 Å². The Hall–Kier alpha value is -10.4. The van der Waals surface area contributed by atoms with Gasteiger partial charge in [0.1, 0.15) is 35.5 Å². The predicted molar refractivity (Wildman–Crippen MR) is 358 cm³/mol. The number of pyridine rings is 1. The molecule has 86 heavy (non-hydrogen) atoms. The first-order chi connectivity index (χ1) is 48.1. The SMILES string of the molecule is [2H]c1c([2H])c([2H])c(-c2ccc3c(c2)c2ccc(Oc4cccc(N5CN(c6c(-c7c([2H])c([2H])c([2H])c([2H])c7[2H])cccc6-c6c([2H])c([2H])c([2H])c([2H])c6[2H])c6ccccc65)c4)cc2n3-c2cc(Oc3c(-c4ccc(C(C)(C)C)cc4)cccc3-c3ccc(C(C)(C)C)cc3)ccn2)c([2H])c1[2H]. The van der Waals surface area contributed by atoms with Gasteiger partial charge < -0.3 is 19.3 Å². The Morgan fingerprint density at radius 3 is 1.51 bits per heavy atom. The van der Waals surface area contributed by atoms with Crippen molar-refractivity contribution in [3.05, 3.63) is 290 Å². The molecule has 0 spiro atoms. The predicted octanol–water partition coefficient (Wildman–Crippen LogP) is 21.9. The van der Waals surface area contributed by atoms with Crippen molar-refractivity contribution >= 4 is 44.6 Å². The summed E-state index contributed by atoms with van der Waals surface area (Å²) in [6, 6.07) is 50.3. The molecule has 14 rings (SSSR count). The van der Waals surface area contributed by atoms with Crippen LogP contribution in [0, 0.1) is 0 Å². The number of benzene rings is 11. The highest BCUT2D eigenvalue weighted by Crippen LogP contribution is 2.51. The number of hydrogen-bond donors (Lipinski definition) is 0. The molecule has 0 saturated heterocycles. The fraction of sp³-hybridized carbons (Fsp3) is 0.113. The monoisotopic (exact) mass is 1130 g/mol. The van der Waals surface area contributed by atoms with Gasteiger partial charge >= 0.3 is 0 Å². The van der Waals surface area contributed by atoms with Gasteiger partial charge in [0.2, 0.25) is 0 Å². The van der Waals surface area contributed by atoms with Gasteiger partial charge in [-0.15, -0.1) is 0 Å². The van der Waals surface area contributed by atoms with Crippen LogP contribution in [0.15, 0.2) is 279 Å². The van der Waals surface area contributed by atoms with E-state index in [1.165, 1.54) is 11.1 Å². The lowest BCUT2D eigenvalue weighted by Gasteiger charge is -2.27. The van der Waals surface area contributed by atoms with Crippen LogP contribution >= 0.6 is 0 Å². The van der Waals surface area contributed by atoms with E-state index in [1.54, 1.807) is 30.5 Å². The quantitative estimate of drug-likeness (QED) is 0.122. The largest absolute Gasteiger partial charge is 0.457 e. The maximum atomic E-state index is 9.16. The normalized spacial score (nSPS) is 14.9. The van der Waals surface area contributed by atoms with Crippen molar-refractivity contribution in [2.75, 3.05) is 16.5 Å². The second-order valence-corrected chi connectivity index (χ2v) is 23.3. The van der Waals surface area contributed by atoms with Crippen molar-refractivity contribution in [2.24, 2.45) is 0 Å². The van der Waals surface area contributed by atoms with Crippen molar-refractivity contribution in [3.8, 4) is 84.5 Å². The minimum absolute atomic E-state index is 0.0266. The van der Waals surface area contributed by atoms with Crippen molar-refractivity contribution in [1.29, 1.82) is 0 Å². The van der Waals surface area contributed by atoms with Gasteiger partial charge in [0.15, 0.2) is 0 Å². The number of nitrogens with zero attached hydrogens (tertiary/aromatic N) is 4. The molecule has 6 heteroatoms. The summed E-state index contributed by atoms with van der Waals surface area (Å²) < 4.78 is 148. The zero-order chi connectivity index (χ0) is 71.6. The molecule has 418 valence electrons. The zero-order valence-electron chi connectivity index (χ0n) is 63.2. The second kappa shape index (κ2) is 22.0. The molecular weight excluding hydrogens is 1050 g/mol. The lowest BCUT2D eigenvalue weighted by atomic mass is 9.85. The minimum Gasteiger partial charge on any atom is -0.457 e. The Morgan fingerprint density at radius 2 is 0.919 bits per heavy atom. The molecule has 0 radical (unpaired) electrons. The van der Waals surface area contributed by atoms with Gasteiger partial charge in [-0.3, -0.25) is 4.57 Å². The average molecular weight is 1130 g/mol. The van der Waals surface area contributed by atoms with E-state index < -0.39 is 78.6 Å². The second-order valence-electron chi connectivity index (χ2n) is 23.3. The van der Waals surface area contributed by atoms with Crippen LogP contribution in [0.25, 0.3) is 83.3 Å². The van der Waals surface area contributed by atoms with E-state index >= 15 is 0 Å². The number of para-hydroxylation sites is 4. The van der Waals surface area contributed by atoms with E-state index in [2.05, 4.69) is 102 Å². The molecule has 1 aliphatic heterocycles. The number of fused-ring (bicyclic) bond motifs is 4. The van der Waals surface area contributed by atoms with Crippen molar-refractivity contribution in [1.82, 2.24) is 9.55 Å². The molecule has 0 aliphatic carbocycles. The van der Waals surface area contributed by atoms with Crippen molar-refractivity contribution in [3.63, 3.8) is 0 Å². The molecule has 1 aliphatic rings. The molecule has 0 saturated carbocycles. The molecule has 11 aromatic carbocycles. The van der Waals surface area contributed by atoms with Crippen molar-refractivity contribution < 1.29 is 30.0 Å². The van der Waals surface area contributed by atoms with Crippen LogP contribution < -0.4 is 19.3 Å². The third-order valence-corrected chi connectivity index (χ3v) is 15.8. The summed E-state index contributed by atoms with van der Waals surface area (Å²) in [7, 11) is 0. The van der Waals surface area contributed by atoms with Gasteiger partial charge in [0.05, 0.1) is 48.7 Å². The van der Waals surface area contributed by atoms with Crippen LogP contribution in [0.4, 0.5) is 22.7 Å². The highest BCUT2D eigenvalue weighted by Gasteiger charge is 2.32. The Morgan fingerprint density at radius 1 is 0.395 bits per heavy atom. The fourth-order valence-corrected chi connectivity index (χ4v) is 11.4. The highest BCUT2D eigenvalue weighted by atomic mass is 16.5. The van der Waals surface area contributed by atoms with Gasteiger partial charge in [0.25, 0.3) is 0 Å². The lowest BCUT2D eigenvalue weighted by molar-refractivity contribution is 0.483. The molecule has 2 aromatic heterocycles. The summed E-state index contributed by atoms with van der Waals surface area (Å²) in [5, 5.41) is 1.42. The summed E-state index contributed by atoms with van der Waals surface area (Å²) >= 11 is 0. The number of anilines is 4. The number of hydrogen-bond acceptors (Lipinski definition) is 5. The highest BCUT2D eigenvalue weighted by molar-refractivity contribution is 6.11. The van der Waals surface area contributed by atoms with Crippen LogP contribution in [0.2, 0.25) is 0 Å². The molecular formula is C80H66N4O2. The van der Waals surface area contributed by atoms with Crippen LogP contribution in [0.5, 0.6) is 23.0 Å². The van der Waals surface area contributed by atoms with Crippen LogP contribution in [-0.2, 0) is 10.8 Å². The van der Waals surface area contributed by atoms with Crippen LogP contribution in [-0.4, -0.2) is 16.2 Å². The van der Waals surface area contributed by atoms with Gasteiger partial charge in [-0.05, 0) is 110 Å². The maximum Gasteiger partial charge on any atom is 0.143 e. The number of aromatic nitrogens is 2.